The highest BCUT2D eigenvalue weighted by Crippen LogP contribution is 2.21. The number of anilines is 1. The zero-order valence-corrected chi connectivity index (χ0v) is 20.9. The van der Waals surface area contributed by atoms with Gasteiger partial charge < -0.3 is 10.1 Å². The van der Waals surface area contributed by atoms with E-state index in [-0.39, 0.29) is 0 Å². The molecule has 0 amide bonds. The molecule has 0 aliphatic heterocycles. The highest BCUT2D eigenvalue weighted by atomic mass is 35.5. The molecule has 0 unspecified atom stereocenters. The lowest BCUT2D eigenvalue weighted by Crippen LogP contribution is -1.99. The van der Waals surface area contributed by atoms with E-state index >= 15 is 0 Å². The number of hydrogen-bond donors (Lipinski definition) is 1. The molecule has 0 fully saturated rings. The highest BCUT2D eigenvalue weighted by molar-refractivity contribution is 7.15. The first kappa shape index (κ1) is 26.0. The van der Waals surface area contributed by atoms with Gasteiger partial charge in [-0.3, -0.25) is 0 Å². The average molecular weight is 465 g/mol. The first-order chi connectivity index (χ1) is 15.3. The largest absolute Gasteiger partial charge is 0.494 e. The van der Waals surface area contributed by atoms with Crippen molar-refractivity contribution in [2.75, 3.05) is 11.9 Å². The maximum Gasteiger partial charge on any atom is 0.183 e. The van der Waals surface area contributed by atoms with Crippen LogP contribution in [-0.2, 0) is 6.54 Å². The van der Waals surface area contributed by atoms with Crippen LogP contribution in [-0.4, -0.2) is 11.6 Å². The van der Waals surface area contributed by atoms with Crippen molar-refractivity contribution in [2.24, 2.45) is 0 Å². The number of halogens is 1. The monoisotopic (exact) mass is 464 g/mol. The SMILES string of the molecule is CCCCCCCCCCCCCCCCOc1ccc(NCc2cnc(Cl)s2)cc1. The van der Waals surface area contributed by atoms with Crippen molar-refractivity contribution in [3.63, 3.8) is 0 Å². The summed E-state index contributed by atoms with van der Waals surface area (Å²) in [6, 6.07) is 8.18. The van der Waals surface area contributed by atoms with E-state index in [0.29, 0.717) is 4.47 Å². The Kier molecular flexibility index (Phi) is 14.5. The summed E-state index contributed by atoms with van der Waals surface area (Å²) in [5.74, 6) is 0.945. The second-order valence-corrected chi connectivity index (χ2v) is 10.1. The Labute approximate surface area is 199 Å². The Morgan fingerprint density at radius 2 is 1.35 bits per heavy atom. The van der Waals surface area contributed by atoms with Crippen LogP contribution in [0.1, 0.15) is 102 Å². The molecule has 31 heavy (non-hydrogen) atoms. The predicted octanol–water partition coefficient (Wildman–Crippen LogP) is 9.27. The summed E-state index contributed by atoms with van der Waals surface area (Å²) in [6.45, 7) is 3.84. The summed E-state index contributed by atoms with van der Waals surface area (Å²) in [5.41, 5.74) is 1.08. The molecule has 1 heterocycles. The Morgan fingerprint density at radius 1 is 0.806 bits per heavy atom. The van der Waals surface area contributed by atoms with Crippen LogP contribution in [0.5, 0.6) is 5.75 Å². The Bertz CT molecular complexity index is 674. The molecule has 0 saturated heterocycles. The second kappa shape index (κ2) is 17.3. The number of rotatable bonds is 19. The average Bonchev–Trinajstić information content (AvgIpc) is 3.21. The van der Waals surface area contributed by atoms with Crippen LogP contribution in [0.4, 0.5) is 5.69 Å². The number of benzene rings is 1. The Hall–Kier alpha value is -1.26. The minimum Gasteiger partial charge on any atom is -0.494 e. The number of aromatic nitrogens is 1. The van der Waals surface area contributed by atoms with E-state index in [1.165, 1.54) is 94.8 Å². The van der Waals surface area contributed by atoms with Gasteiger partial charge in [-0.15, -0.1) is 11.3 Å². The maximum absolute atomic E-state index is 5.88. The predicted molar refractivity (Wildman–Crippen MR) is 137 cm³/mol. The number of nitrogens with one attached hydrogen (secondary N) is 1. The topological polar surface area (TPSA) is 34.1 Å². The lowest BCUT2D eigenvalue weighted by Gasteiger charge is -2.08. The van der Waals surface area contributed by atoms with Crippen molar-refractivity contribution in [2.45, 2.75) is 103 Å². The smallest absolute Gasteiger partial charge is 0.183 e. The zero-order chi connectivity index (χ0) is 22.0. The minimum atomic E-state index is 0.587. The molecule has 0 aliphatic rings. The Balaban J connectivity index is 1.38. The van der Waals surface area contributed by atoms with Crippen molar-refractivity contribution in [1.82, 2.24) is 4.98 Å². The highest BCUT2D eigenvalue weighted by Gasteiger charge is 2.00. The molecule has 1 N–H and O–H groups in total. The molecule has 0 spiro atoms. The molecule has 0 bridgehead atoms. The van der Waals surface area contributed by atoms with Gasteiger partial charge in [0.25, 0.3) is 0 Å². The summed E-state index contributed by atoms with van der Waals surface area (Å²) in [6.07, 6.45) is 21.2. The zero-order valence-electron chi connectivity index (χ0n) is 19.3. The molecular weight excluding hydrogens is 424 g/mol. The van der Waals surface area contributed by atoms with Gasteiger partial charge in [-0.05, 0) is 30.7 Å². The van der Waals surface area contributed by atoms with Gasteiger partial charge in [-0.2, -0.15) is 0 Å². The summed E-state index contributed by atoms with van der Waals surface area (Å²) in [4.78, 5) is 5.19. The van der Waals surface area contributed by atoms with E-state index in [4.69, 9.17) is 16.3 Å². The molecule has 0 saturated carbocycles. The van der Waals surface area contributed by atoms with Crippen molar-refractivity contribution >= 4 is 28.6 Å². The lowest BCUT2D eigenvalue weighted by atomic mass is 10.0. The molecule has 1 aromatic carbocycles. The summed E-state index contributed by atoms with van der Waals surface area (Å²) in [7, 11) is 0. The number of unbranched alkanes of at least 4 members (excludes halogenated alkanes) is 13. The molecular formula is C26H41ClN2OS. The summed E-state index contributed by atoms with van der Waals surface area (Å²) in [5, 5.41) is 3.38. The van der Waals surface area contributed by atoms with Crippen LogP contribution in [0.2, 0.25) is 4.47 Å². The van der Waals surface area contributed by atoms with Crippen LogP contribution in [0.3, 0.4) is 0 Å². The van der Waals surface area contributed by atoms with Crippen molar-refractivity contribution in [3.8, 4) is 5.75 Å². The number of hydrogen-bond acceptors (Lipinski definition) is 4. The Morgan fingerprint density at radius 3 is 1.87 bits per heavy atom. The molecule has 174 valence electrons. The van der Waals surface area contributed by atoms with Gasteiger partial charge in [0, 0.05) is 16.8 Å². The molecule has 1 aromatic heterocycles. The van der Waals surface area contributed by atoms with Crippen LogP contribution < -0.4 is 10.1 Å². The summed E-state index contributed by atoms with van der Waals surface area (Å²) < 4.78 is 6.47. The third-order valence-corrected chi connectivity index (χ3v) is 6.73. The van der Waals surface area contributed by atoms with Gasteiger partial charge in [0.15, 0.2) is 4.47 Å². The van der Waals surface area contributed by atoms with Crippen LogP contribution in [0, 0.1) is 0 Å². The molecule has 2 rings (SSSR count). The van der Waals surface area contributed by atoms with Crippen LogP contribution in [0.25, 0.3) is 0 Å². The van der Waals surface area contributed by atoms with Gasteiger partial charge in [-0.25, -0.2) is 4.98 Å². The van der Waals surface area contributed by atoms with Gasteiger partial charge >= 0.3 is 0 Å². The van der Waals surface area contributed by atoms with Gasteiger partial charge in [0.05, 0.1) is 13.2 Å². The fourth-order valence-electron chi connectivity index (χ4n) is 3.71. The number of nitrogens with zero attached hydrogens (tertiary/aromatic N) is 1. The standard InChI is InChI=1S/C26H41ClN2OS/c1-2-3-4-5-6-7-8-9-10-11-12-13-14-15-20-30-24-18-16-23(17-19-24)28-21-25-22-29-26(27)31-25/h16-19,22,28H,2-15,20-21H2,1H3. The first-order valence-corrected chi connectivity index (χ1v) is 13.5. The fourth-order valence-corrected chi connectivity index (χ4v) is 4.63. The van der Waals surface area contributed by atoms with Crippen molar-refractivity contribution in [1.29, 1.82) is 0 Å². The lowest BCUT2D eigenvalue weighted by molar-refractivity contribution is 0.304. The first-order valence-electron chi connectivity index (χ1n) is 12.3. The minimum absolute atomic E-state index is 0.587. The van der Waals surface area contributed by atoms with E-state index in [9.17, 15) is 0 Å². The third-order valence-electron chi connectivity index (χ3n) is 5.61. The van der Waals surface area contributed by atoms with Gasteiger partial charge in [0.1, 0.15) is 5.75 Å². The number of thiazole rings is 1. The number of ether oxygens (including phenoxy) is 1. The van der Waals surface area contributed by atoms with E-state index < -0.39 is 0 Å². The van der Waals surface area contributed by atoms with Crippen LogP contribution >= 0.6 is 22.9 Å². The van der Waals surface area contributed by atoms with E-state index in [1.807, 2.05) is 18.3 Å². The molecule has 0 aliphatic carbocycles. The van der Waals surface area contributed by atoms with E-state index in [2.05, 4.69) is 29.4 Å². The van der Waals surface area contributed by atoms with Crippen molar-refractivity contribution in [3.05, 3.63) is 39.8 Å². The maximum atomic E-state index is 5.88. The van der Waals surface area contributed by atoms with Crippen LogP contribution in [0.15, 0.2) is 30.5 Å². The fraction of sp³-hybridized carbons (Fsp3) is 0.654. The molecule has 0 radical (unpaired) electrons. The normalized spacial score (nSPS) is 11.0. The quantitative estimate of drug-likeness (QED) is 0.210. The molecule has 2 aromatic rings. The summed E-state index contributed by atoms with van der Waals surface area (Å²) >= 11 is 7.37. The third kappa shape index (κ3) is 13.0. The van der Waals surface area contributed by atoms with E-state index in [0.717, 1.165) is 35.9 Å². The van der Waals surface area contributed by atoms with Gasteiger partial charge in [-0.1, -0.05) is 102 Å². The van der Waals surface area contributed by atoms with E-state index in [1.54, 1.807) is 0 Å². The van der Waals surface area contributed by atoms with Gasteiger partial charge in [0.2, 0.25) is 0 Å². The molecule has 0 atom stereocenters. The second-order valence-electron chi connectivity index (χ2n) is 8.40. The van der Waals surface area contributed by atoms with Crippen molar-refractivity contribution < 1.29 is 4.74 Å². The molecule has 3 nitrogen and oxygen atoms in total. The molecule has 5 heteroatoms.